The average Bonchev–Trinajstić information content (AvgIpc) is 2.67. The molecule has 3 rings (SSSR count). The van der Waals surface area contributed by atoms with Crippen LogP contribution in [0.25, 0.3) is 0 Å². The van der Waals surface area contributed by atoms with Crippen LogP contribution < -0.4 is 5.32 Å². The number of carbonyl (C=O) groups is 2. The molecule has 1 aliphatic carbocycles. The normalized spacial score (nSPS) is 41.1. The molecular weight excluding hydrogens is 318 g/mol. The molecule has 2 N–H and O–H groups in total. The van der Waals surface area contributed by atoms with Crippen LogP contribution in [-0.2, 0) is 14.3 Å². The standard InChI is InChI=1S/C17H24ClNO4/c1-9-5-4-6-11(10(9)2)13(20)17-15(22)23-16(17,3)12(7-8-18)14(21)19-17/h11-13,20H,4-8H2,1-3H3,(H,19,21)/t11?,12-,13-,16+,17?/m0/s1. The zero-order chi connectivity index (χ0) is 17.0. The Labute approximate surface area is 141 Å². The van der Waals surface area contributed by atoms with Gasteiger partial charge in [-0.05, 0) is 46.5 Å². The first-order valence-corrected chi connectivity index (χ1v) is 8.78. The molecule has 0 aromatic rings. The van der Waals surface area contributed by atoms with E-state index in [4.69, 9.17) is 16.3 Å². The number of nitrogens with one attached hydrogen (secondary N) is 1. The summed E-state index contributed by atoms with van der Waals surface area (Å²) in [5.74, 6) is -1.13. The van der Waals surface area contributed by atoms with Gasteiger partial charge in [0.25, 0.3) is 0 Å². The highest BCUT2D eigenvalue weighted by molar-refractivity contribution is 6.18. The van der Waals surface area contributed by atoms with Crippen molar-refractivity contribution in [1.29, 1.82) is 0 Å². The molecule has 6 heteroatoms. The van der Waals surface area contributed by atoms with E-state index in [1.165, 1.54) is 5.57 Å². The molecule has 1 amide bonds. The van der Waals surface area contributed by atoms with Crippen molar-refractivity contribution in [3.05, 3.63) is 11.1 Å². The predicted octanol–water partition coefficient (Wildman–Crippen LogP) is 1.91. The second kappa shape index (κ2) is 5.49. The van der Waals surface area contributed by atoms with E-state index in [-0.39, 0.29) is 11.8 Å². The maximum atomic E-state index is 12.4. The number of alkyl halides is 1. The van der Waals surface area contributed by atoms with Crippen LogP contribution in [0.5, 0.6) is 0 Å². The van der Waals surface area contributed by atoms with Crippen LogP contribution >= 0.6 is 11.6 Å². The minimum Gasteiger partial charge on any atom is -0.453 e. The Morgan fingerprint density at radius 3 is 2.74 bits per heavy atom. The molecule has 23 heavy (non-hydrogen) atoms. The first-order chi connectivity index (χ1) is 10.8. The molecule has 128 valence electrons. The maximum Gasteiger partial charge on any atom is 0.339 e. The lowest BCUT2D eigenvalue weighted by atomic mass is 9.63. The molecule has 0 saturated carbocycles. The van der Waals surface area contributed by atoms with Crippen molar-refractivity contribution in [3.8, 4) is 0 Å². The van der Waals surface area contributed by atoms with E-state index in [2.05, 4.69) is 12.2 Å². The quantitative estimate of drug-likeness (QED) is 0.465. The number of hydrogen-bond acceptors (Lipinski definition) is 4. The monoisotopic (exact) mass is 341 g/mol. The molecule has 2 unspecified atom stereocenters. The molecule has 3 aliphatic rings. The topological polar surface area (TPSA) is 75.6 Å². The molecule has 5 atom stereocenters. The fourth-order valence-electron chi connectivity index (χ4n) is 4.58. The van der Waals surface area contributed by atoms with Gasteiger partial charge in [0.15, 0.2) is 5.60 Å². The number of allylic oxidation sites excluding steroid dienone is 1. The minimum absolute atomic E-state index is 0.133. The zero-order valence-corrected chi connectivity index (χ0v) is 14.6. The minimum atomic E-state index is -1.34. The highest BCUT2D eigenvalue weighted by atomic mass is 35.5. The van der Waals surface area contributed by atoms with Crippen molar-refractivity contribution >= 4 is 23.5 Å². The van der Waals surface area contributed by atoms with Crippen LogP contribution in [0.15, 0.2) is 11.1 Å². The molecule has 0 aromatic heterocycles. The van der Waals surface area contributed by atoms with E-state index >= 15 is 0 Å². The lowest BCUT2D eigenvalue weighted by Crippen LogP contribution is -2.80. The zero-order valence-electron chi connectivity index (χ0n) is 13.8. The van der Waals surface area contributed by atoms with Gasteiger partial charge < -0.3 is 15.2 Å². The van der Waals surface area contributed by atoms with Gasteiger partial charge in [-0.15, -0.1) is 11.6 Å². The Balaban J connectivity index is 1.98. The number of carbonyl (C=O) groups excluding carboxylic acids is 2. The van der Waals surface area contributed by atoms with Crippen LogP contribution in [-0.4, -0.2) is 40.1 Å². The summed E-state index contributed by atoms with van der Waals surface area (Å²) in [5, 5.41) is 13.9. The van der Waals surface area contributed by atoms with Gasteiger partial charge in [0.2, 0.25) is 11.4 Å². The van der Waals surface area contributed by atoms with Crippen molar-refractivity contribution in [2.45, 2.75) is 63.7 Å². The van der Waals surface area contributed by atoms with E-state index in [0.29, 0.717) is 12.3 Å². The largest absolute Gasteiger partial charge is 0.453 e. The third-order valence-electron chi connectivity index (χ3n) is 6.23. The summed E-state index contributed by atoms with van der Waals surface area (Å²) in [4.78, 5) is 24.7. The van der Waals surface area contributed by atoms with Gasteiger partial charge in [-0.3, -0.25) is 4.79 Å². The van der Waals surface area contributed by atoms with Gasteiger partial charge in [-0.25, -0.2) is 4.79 Å². The summed E-state index contributed by atoms with van der Waals surface area (Å²) in [6.45, 7) is 5.81. The van der Waals surface area contributed by atoms with Gasteiger partial charge in [0.1, 0.15) is 0 Å². The Kier molecular flexibility index (Phi) is 4.00. The number of esters is 1. The van der Waals surface area contributed by atoms with E-state index < -0.39 is 29.1 Å². The second-order valence-corrected chi connectivity index (χ2v) is 7.61. The van der Waals surface area contributed by atoms with Crippen LogP contribution in [0, 0.1) is 11.8 Å². The lowest BCUT2D eigenvalue weighted by Gasteiger charge is -2.55. The number of fused-ring (bicyclic) bond motifs is 1. The number of halogens is 1. The number of aliphatic hydroxyl groups is 1. The number of hydrogen-bond donors (Lipinski definition) is 2. The number of aliphatic hydroxyl groups excluding tert-OH is 1. The first-order valence-electron chi connectivity index (χ1n) is 8.25. The summed E-state index contributed by atoms with van der Waals surface area (Å²) in [7, 11) is 0. The molecule has 2 saturated heterocycles. The van der Waals surface area contributed by atoms with E-state index in [0.717, 1.165) is 24.8 Å². The fourth-order valence-corrected chi connectivity index (χ4v) is 4.80. The number of rotatable bonds is 4. The summed E-state index contributed by atoms with van der Waals surface area (Å²) in [6.07, 6.45) is 2.25. The number of amides is 1. The van der Waals surface area contributed by atoms with E-state index in [1.54, 1.807) is 6.92 Å². The Morgan fingerprint density at radius 1 is 1.43 bits per heavy atom. The maximum absolute atomic E-state index is 12.4. The lowest BCUT2D eigenvalue weighted by molar-refractivity contribution is -0.238. The third-order valence-corrected chi connectivity index (χ3v) is 6.45. The van der Waals surface area contributed by atoms with Gasteiger partial charge in [-0.1, -0.05) is 11.1 Å². The van der Waals surface area contributed by atoms with Crippen molar-refractivity contribution in [3.63, 3.8) is 0 Å². The molecule has 2 heterocycles. The highest BCUT2D eigenvalue weighted by Crippen LogP contribution is 2.54. The first kappa shape index (κ1) is 16.8. The summed E-state index contributed by atoms with van der Waals surface area (Å²) in [5.41, 5.74) is 0.00814. The van der Waals surface area contributed by atoms with Crippen molar-refractivity contribution in [2.75, 3.05) is 5.88 Å². The van der Waals surface area contributed by atoms with Gasteiger partial charge in [0.05, 0.1) is 12.0 Å². The van der Waals surface area contributed by atoms with Crippen LogP contribution in [0.2, 0.25) is 0 Å². The number of ether oxygens (including phenoxy) is 1. The Bertz CT molecular complexity index is 589. The Morgan fingerprint density at radius 2 is 2.13 bits per heavy atom. The molecule has 0 bridgehead atoms. The summed E-state index contributed by atoms with van der Waals surface area (Å²) >= 11 is 5.81. The van der Waals surface area contributed by atoms with Gasteiger partial charge in [0, 0.05) is 11.8 Å². The van der Waals surface area contributed by atoms with Crippen molar-refractivity contribution in [2.24, 2.45) is 11.8 Å². The van der Waals surface area contributed by atoms with Crippen molar-refractivity contribution < 1.29 is 19.4 Å². The van der Waals surface area contributed by atoms with E-state index in [1.807, 2.05) is 6.92 Å². The Hall–Kier alpha value is -1.07. The van der Waals surface area contributed by atoms with Crippen LogP contribution in [0.3, 0.4) is 0 Å². The molecule has 0 aromatic carbocycles. The average molecular weight is 342 g/mol. The van der Waals surface area contributed by atoms with Gasteiger partial charge in [-0.2, -0.15) is 0 Å². The van der Waals surface area contributed by atoms with Crippen LogP contribution in [0.4, 0.5) is 0 Å². The van der Waals surface area contributed by atoms with Crippen LogP contribution in [0.1, 0.15) is 46.5 Å². The second-order valence-electron chi connectivity index (χ2n) is 7.23. The van der Waals surface area contributed by atoms with Crippen molar-refractivity contribution in [1.82, 2.24) is 5.32 Å². The molecule has 0 spiro atoms. The predicted molar refractivity (Wildman–Crippen MR) is 85.9 cm³/mol. The molecule has 0 radical (unpaired) electrons. The summed E-state index contributed by atoms with van der Waals surface area (Å²) < 4.78 is 5.41. The molecule has 2 aliphatic heterocycles. The SMILES string of the molecule is CC1=C(C)C([C@H](O)C23NC(=O)[C@H](CCCl)[C@@]2(C)OC3=O)CCC1. The summed E-state index contributed by atoms with van der Waals surface area (Å²) in [6, 6.07) is 0. The molecule has 2 fully saturated rings. The third kappa shape index (κ3) is 2.02. The van der Waals surface area contributed by atoms with E-state index in [9.17, 15) is 14.7 Å². The fraction of sp³-hybridized carbons (Fsp3) is 0.765. The highest BCUT2D eigenvalue weighted by Gasteiger charge is 2.79. The molecule has 5 nitrogen and oxygen atoms in total. The molecular formula is C17H24ClNO4. The smallest absolute Gasteiger partial charge is 0.339 e. The van der Waals surface area contributed by atoms with Gasteiger partial charge >= 0.3 is 5.97 Å².